The molecule has 0 aliphatic carbocycles. The molecule has 1 aromatic carbocycles. The number of ether oxygens (including phenoxy) is 1. The monoisotopic (exact) mass is 343 g/mol. The number of nitrogens with zero attached hydrogens (tertiary/aromatic N) is 5. The predicted octanol–water partition coefficient (Wildman–Crippen LogP) is 0.394. The van der Waals surface area contributed by atoms with Gasteiger partial charge in [-0.25, -0.2) is 4.99 Å². The maximum absolute atomic E-state index is 5.95. The maximum Gasteiger partial charge on any atom is 0.189 e. The highest BCUT2D eigenvalue weighted by molar-refractivity contribution is 5.77. The minimum atomic E-state index is 0.386. The summed E-state index contributed by atoms with van der Waals surface area (Å²) in [6.45, 7) is 5.93. The number of aromatic nitrogens is 3. The molecule has 1 aliphatic rings. The second-order valence-electron chi connectivity index (χ2n) is 5.89. The zero-order chi connectivity index (χ0) is 17.3. The molecule has 0 spiro atoms. The summed E-state index contributed by atoms with van der Waals surface area (Å²) in [7, 11) is 0. The number of morpholine rings is 1. The number of para-hydroxylation sites is 1. The van der Waals surface area contributed by atoms with Gasteiger partial charge in [0.2, 0.25) is 0 Å². The Bertz CT molecular complexity index is 665. The third-order valence-electron chi connectivity index (χ3n) is 4.10. The van der Waals surface area contributed by atoms with E-state index in [1.165, 1.54) is 0 Å². The van der Waals surface area contributed by atoms with Gasteiger partial charge in [0.05, 0.1) is 13.2 Å². The van der Waals surface area contributed by atoms with Gasteiger partial charge in [0, 0.05) is 25.3 Å². The lowest BCUT2D eigenvalue weighted by Crippen LogP contribution is -2.39. The van der Waals surface area contributed by atoms with Gasteiger partial charge in [-0.3, -0.25) is 9.47 Å². The first-order valence-corrected chi connectivity index (χ1v) is 8.61. The fourth-order valence-corrected chi connectivity index (χ4v) is 2.73. The Kier molecular flexibility index (Phi) is 6.35. The Morgan fingerprint density at radius 1 is 1.24 bits per heavy atom. The molecular weight excluding hydrogens is 318 g/mol. The third kappa shape index (κ3) is 5.27. The zero-order valence-corrected chi connectivity index (χ0v) is 14.3. The van der Waals surface area contributed by atoms with Crippen LogP contribution in [0, 0.1) is 0 Å². The topological polar surface area (TPSA) is 93.6 Å². The van der Waals surface area contributed by atoms with Crippen LogP contribution in [0.5, 0.6) is 0 Å². The van der Waals surface area contributed by atoms with Crippen molar-refractivity contribution in [3.63, 3.8) is 0 Å². The van der Waals surface area contributed by atoms with Gasteiger partial charge < -0.3 is 15.8 Å². The molecule has 134 valence electrons. The number of guanidine groups is 1. The number of nitrogens with two attached hydrogens (primary N) is 1. The van der Waals surface area contributed by atoms with Crippen LogP contribution in [0.15, 0.2) is 41.7 Å². The van der Waals surface area contributed by atoms with Crippen molar-refractivity contribution in [3.05, 3.63) is 42.5 Å². The van der Waals surface area contributed by atoms with Gasteiger partial charge in [0.25, 0.3) is 0 Å². The standard InChI is InChI=1S/C17H25N7O/c18-17(19-7-4-8-23-9-11-25-12-10-23)20-13-16-22-21-14-24(16)15-5-2-1-3-6-15/h1-3,5-6,14H,4,7-13H2,(H3,18,19,20). The van der Waals surface area contributed by atoms with Gasteiger partial charge in [0.1, 0.15) is 12.9 Å². The van der Waals surface area contributed by atoms with Crippen LogP contribution in [0.3, 0.4) is 0 Å². The van der Waals surface area contributed by atoms with E-state index in [1.54, 1.807) is 6.33 Å². The fourth-order valence-electron chi connectivity index (χ4n) is 2.73. The second-order valence-corrected chi connectivity index (χ2v) is 5.89. The van der Waals surface area contributed by atoms with Crippen molar-refractivity contribution in [3.8, 4) is 5.69 Å². The van der Waals surface area contributed by atoms with E-state index < -0.39 is 0 Å². The minimum Gasteiger partial charge on any atom is -0.379 e. The molecule has 0 radical (unpaired) electrons. The van der Waals surface area contributed by atoms with Gasteiger partial charge in [-0.05, 0) is 25.1 Å². The minimum absolute atomic E-state index is 0.386. The molecule has 0 atom stereocenters. The van der Waals surface area contributed by atoms with Crippen molar-refractivity contribution in [2.45, 2.75) is 13.0 Å². The molecule has 0 saturated carbocycles. The largest absolute Gasteiger partial charge is 0.379 e. The lowest BCUT2D eigenvalue weighted by Gasteiger charge is -2.26. The molecule has 2 heterocycles. The van der Waals surface area contributed by atoms with E-state index >= 15 is 0 Å². The number of hydrogen-bond donors (Lipinski definition) is 2. The first-order valence-electron chi connectivity index (χ1n) is 8.61. The second kappa shape index (κ2) is 9.14. The normalized spacial score (nSPS) is 16.1. The Balaban J connectivity index is 1.43. The fraction of sp³-hybridized carbons (Fsp3) is 0.471. The number of benzene rings is 1. The van der Waals surface area contributed by atoms with E-state index in [0.29, 0.717) is 12.5 Å². The van der Waals surface area contributed by atoms with Gasteiger partial charge in [-0.15, -0.1) is 10.2 Å². The van der Waals surface area contributed by atoms with E-state index in [2.05, 4.69) is 25.4 Å². The maximum atomic E-state index is 5.95. The van der Waals surface area contributed by atoms with E-state index in [9.17, 15) is 0 Å². The number of aliphatic imine (C=N–C) groups is 1. The molecule has 1 aromatic heterocycles. The van der Waals surface area contributed by atoms with Crippen LogP contribution in [0.25, 0.3) is 5.69 Å². The summed E-state index contributed by atoms with van der Waals surface area (Å²) in [5.74, 6) is 1.19. The first kappa shape index (κ1) is 17.4. The Labute approximate surface area is 147 Å². The summed E-state index contributed by atoms with van der Waals surface area (Å²) in [6, 6.07) is 9.94. The van der Waals surface area contributed by atoms with Crippen LogP contribution >= 0.6 is 0 Å². The van der Waals surface area contributed by atoms with E-state index in [0.717, 1.165) is 57.3 Å². The molecule has 8 nitrogen and oxygen atoms in total. The quantitative estimate of drug-likeness (QED) is 0.429. The van der Waals surface area contributed by atoms with Gasteiger partial charge in [0.15, 0.2) is 11.8 Å². The molecule has 3 N–H and O–H groups in total. The summed E-state index contributed by atoms with van der Waals surface area (Å²) in [5, 5.41) is 11.3. The average molecular weight is 343 g/mol. The highest BCUT2D eigenvalue weighted by atomic mass is 16.5. The molecule has 1 saturated heterocycles. The third-order valence-corrected chi connectivity index (χ3v) is 4.10. The van der Waals surface area contributed by atoms with E-state index in [4.69, 9.17) is 10.5 Å². The Morgan fingerprint density at radius 3 is 2.84 bits per heavy atom. The molecule has 0 unspecified atom stereocenters. The molecule has 1 fully saturated rings. The van der Waals surface area contributed by atoms with Gasteiger partial charge in [-0.2, -0.15) is 0 Å². The molecule has 25 heavy (non-hydrogen) atoms. The predicted molar refractivity (Wildman–Crippen MR) is 96.6 cm³/mol. The molecule has 3 rings (SSSR count). The summed E-state index contributed by atoms with van der Waals surface area (Å²) in [5.41, 5.74) is 6.96. The number of hydrogen-bond acceptors (Lipinski definition) is 5. The summed E-state index contributed by atoms with van der Waals surface area (Å²) in [4.78, 5) is 6.77. The zero-order valence-electron chi connectivity index (χ0n) is 14.3. The van der Waals surface area contributed by atoms with Crippen molar-refractivity contribution < 1.29 is 4.74 Å². The van der Waals surface area contributed by atoms with Crippen LogP contribution in [-0.2, 0) is 11.3 Å². The number of rotatable bonds is 7. The first-order chi connectivity index (χ1) is 12.3. The SMILES string of the molecule is NC(=NCc1nncn1-c1ccccc1)NCCCN1CCOCC1. The number of nitrogens with one attached hydrogen (secondary N) is 1. The lowest BCUT2D eigenvalue weighted by atomic mass is 10.3. The molecule has 0 amide bonds. The Morgan fingerprint density at radius 2 is 2.04 bits per heavy atom. The molecule has 1 aliphatic heterocycles. The Hall–Kier alpha value is -2.45. The van der Waals surface area contributed by atoms with Crippen molar-refractivity contribution in [1.29, 1.82) is 0 Å². The summed E-state index contributed by atoms with van der Waals surface area (Å²) < 4.78 is 7.26. The van der Waals surface area contributed by atoms with E-state index in [1.807, 2.05) is 34.9 Å². The van der Waals surface area contributed by atoms with Crippen molar-refractivity contribution in [2.75, 3.05) is 39.4 Å². The summed E-state index contributed by atoms with van der Waals surface area (Å²) >= 11 is 0. The van der Waals surface area contributed by atoms with Crippen molar-refractivity contribution >= 4 is 5.96 Å². The average Bonchev–Trinajstić information content (AvgIpc) is 3.14. The van der Waals surface area contributed by atoms with Crippen LogP contribution in [0.1, 0.15) is 12.2 Å². The lowest BCUT2D eigenvalue weighted by molar-refractivity contribution is 0.0376. The van der Waals surface area contributed by atoms with Crippen LogP contribution in [-0.4, -0.2) is 65.0 Å². The smallest absolute Gasteiger partial charge is 0.189 e. The van der Waals surface area contributed by atoms with Gasteiger partial charge in [-0.1, -0.05) is 18.2 Å². The van der Waals surface area contributed by atoms with E-state index in [-0.39, 0.29) is 0 Å². The summed E-state index contributed by atoms with van der Waals surface area (Å²) in [6.07, 6.45) is 2.71. The van der Waals surface area contributed by atoms with Crippen LogP contribution < -0.4 is 11.1 Å². The highest BCUT2D eigenvalue weighted by Crippen LogP contribution is 2.09. The molecule has 2 aromatic rings. The molecule has 0 bridgehead atoms. The van der Waals surface area contributed by atoms with Crippen LogP contribution in [0.4, 0.5) is 0 Å². The highest BCUT2D eigenvalue weighted by Gasteiger charge is 2.09. The van der Waals surface area contributed by atoms with Crippen LogP contribution in [0.2, 0.25) is 0 Å². The van der Waals surface area contributed by atoms with Gasteiger partial charge >= 0.3 is 0 Å². The molecular formula is C17H25N7O. The van der Waals surface area contributed by atoms with Crippen molar-refractivity contribution in [2.24, 2.45) is 10.7 Å². The van der Waals surface area contributed by atoms with Crippen molar-refractivity contribution in [1.82, 2.24) is 25.0 Å². The molecule has 8 heteroatoms.